The summed E-state index contributed by atoms with van der Waals surface area (Å²) in [6, 6.07) is 61.5. The summed E-state index contributed by atoms with van der Waals surface area (Å²) in [5.41, 5.74) is 9.20. The second kappa shape index (κ2) is 10.2. The minimum atomic E-state index is 0.916. The fourth-order valence-corrected chi connectivity index (χ4v) is 7.73. The lowest BCUT2D eigenvalue weighted by atomic mass is 9.84. The van der Waals surface area contributed by atoms with Crippen molar-refractivity contribution in [2.45, 2.75) is 0 Å². The highest BCUT2D eigenvalue weighted by molar-refractivity contribution is 6.23. The Morgan fingerprint density at radius 3 is 1.53 bits per heavy atom. The van der Waals surface area contributed by atoms with Crippen LogP contribution in [-0.4, -0.2) is 0 Å². The fraction of sp³-hybridized carbons (Fsp3) is 0. The lowest BCUT2D eigenvalue weighted by molar-refractivity contribution is 0.669. The number of hydrogen-bond acceptors (Lipinski definition) is 1. The molecule has 0 spiro atoms. The number of hydrogen-bond donors (Lipinski definition) is 0. The number of rotatable bonds is 3. The summed E-state index contributed by atoms with van der Waals surface area (Å²) in [5.74, 6) is 0. The van der Waals surface area contributed by atoms with Crippen molar-refractivity contribution in [1.82, 2.24) is 0 Å². The smallest absolute Gasteiger partial charge is 0.136 e. The van der Waals surface area contributed by atoms with Crippen LogP contribution in [-0.2, 0) is 0 Å². The van der Waals surface area contributed by atoms with Gasteiger partial charge in [0.05, 0.1) is 0 Å². The first-order valence-corrected chi connectivity index (χ1v) is 16.2. The van der Waals surface area contributed by atoms with Crippen molar-refractivity contribution in [2.24, 2.45) is 0 Å². The van der Waals surface area contributed by atoms with E-state index in [4.69, 9.17) is 4.42 Å². The maximum absolute atomic E-state index is 6.39. The third kappa shape index (κ3) is 3.97. The maximum atomic E-state index is 6.39. The van der Waals surface area contributed by atoms with Gasteiger partial charge in [0.2, 0.25) is 0 Å². The quantitative estimate of drug-likeness (QED) is 0.185. The monoisotopic (exact) mass is 596 g/mol. The van der Waals surface area contributed by atoms with Crippen molar-refractivity contribution in [3.05, 3.63) is 170 Å². The van der Waals surface area contributed by atoms with Crippen LogP contribution in [0.1, 0.15) is 0 Å². The minimum absolute atomic E-state index is 0.916. The Morgan fingerprint density at radius 1 is 0.298 bits per heavy atom. The van der Waals surface area contributed by atoms with Crippen LogP contribution in [0.2, 0.25) is 0 Å². The second-order valence-electron chi connectivity index (χ2n) is 12.4. The molecule has 0 bridgehead atoms. The Kier molecular flexibility index (Phi) is 5.64. The van der Waals surface area contributed by atoms with E-state index in [1.54, 1.807) is 0 Å². The lowest BCUT2D eigenvalue weighted by Gasteiger charge is -2.19. The third-order valence-electron chi connectivity index (χ3n) is 9.86. The molecule has 0 unspecified atom stereocenters. The molecule has 1 aromatic heterocycles. The van der Waals surface area contributed by atoms with E-state index in [0.717, 1.165) is 22.1 Å². The van der Waals surface area contributed by atoms with Gasteiger partial charge in [0.15, 0.2) is 0 Å². The zero-order chi connectivity index (χ0) is 30.9. The van der Waals surface area contributed by atoms with Gasteiger partial charge in [-0.1, -0.05) is 152 Å². The first kappa shape index (κ1) is 26.1. The molecule has 1 heteroatoms. The van der Waals surface area contributed by atoms with Crippen LogP contribution in [0, 0.1) is 0 Å². The standard InChI is InChI=1S/C46H28O/c1-3-13-34-30(10-1)12-9-19-36(34)45-39-17-7-5-15-37(39)44(38-16-6-8-18-40(38)45)32-22-20-29(21-23-32)33-24-26-41-43(28-33)47-42-27-25-31-11-2-4-14-35(31)46(41)42/h1-28H. The Labute approximate surface area is 271 Å². The minimum Gasteiger partial charge on any atom is -0.456 e. The van der Waals surface area contributed by atoms with Crippen LogP contribution < -0.4 is 0 Å². The molecule has 10 rings (SSSR count). The summed E-state index contributed by atoms with van der Waals surface area (Å²) < 4.78 is 6.39. The molecule has 0 N–H and O–H groups in total. The molecule has 0 amide bonds. The molecule has 47 heavy (non-hydrogen) atoms. The van der Waals surface area contributed by atoms with E-state index in [1.165, 1.54) is 76.3 Å². The Morgan fingerprint density at radius 2 is 0.830 bits per heavy atom. The van der Waals surface area contributed by atoms with Gasteiger partial charge in [0.1, 0.15) is 11.2 Å². The molecule has 0 radical (unpaired) electrons. The number of furan rings is 1. The molecule has 0 saturated heterocycles. The van der Waals surface area contributed by atoms with Gasteiger partial charge in [-0.25, -0.2) is 0 Å². The zero-order valence-electron chi connectivity index (χ0n) is 25.6. The van der Waals surface area contributed by atoms with Gasteiger partial charge < -0.3 is 4.42 Å². The van der Waals surface area contributed by atoms with Crippen LogP contribution in [0.25, 0.3) is 98.4 Å². The van der Waals surface area contributed by atoms with Crippen LogP contribution in [0.4, 0.5) is 0 Å². The molecule has 10 aromatic rings. The van der Waals surface area contributed by atoms with E-state index in [1.807, 2.05) is 0 Å². The molecule has 0 aliphatic heterocycles. The van der Waals surface area contributed by atoms with Gasteiger partial charge in [0, 0.05) is 10.8 Å². The highest BCUT2D eigenvalue weighted by Gasteiger charge is 2.18. The third-order valence-corrected chi connectivity index (χ3v) is 9.86. The van der Waals surface area contributed by atoms with Crippen molar-refractivity contribution >= 4 is 65.0 Å². The number of benzene rings is 9. The van der Waals surface area contributed by atoms with E-state index < -0.39 is 0 Å². The van der Waals surface area contributed by atoms with Gasteiger partial charge in [0.25, 0.3) is 0 Å². The average Bonchev–Trinajstić information content (AvgIpc) is 3.52. The number of fused-ring (bicyclic) bond motifs is 8. The molecule has 1 heterocycles. The molecule has 0 atom stereocenters. The van der Waals surface area contributed by atoms with Gasteiger partial charge in [-0.2, -0.15) is 0 Å². The van der Waals surface area contributed by atoms with E-state index in [0.29, 0.717) is 0 Å². The molecule has 0 aliphatic carbocycles. The predicted molar refractivity (Wildman–Crippen MR) is 200 cm³/mol. The summed E-state index contributed by atoms with van der Waals surface area (Å²) in [4.78, 5) is 0. The Balaban J connectivity index is 1.14. The van der Waals surface area contributed by atoms with Crippen molar-refractivity contribution in [2.75, 3.05) is 0 Å². The van der Waals surface area contributed by atoms with Gasteiger partial charge in [-0.3, -0.25) is 0 Å². The summed E-state index contributed by atoms with van der Waals surface area (Å²) in [5, 5.41) is 12.4. The summed E-state index contributed by atoms with van der Waals surface area (Å²) >= 11 is 0. The van der Waals surface area contributed by atoms with Crippen LogP contribution in [0.5, 0.6) is 0 Å². The van der Waals surface area contributed by atoms with Gasteiger partial charge >= 0.3 is 0 Å². The summed E-state index contributed by atoms with van der Waals surface area (Å²) in [7, 11) is 0. The highest BCUT2D eigenvalue weighted by atomic mass is 16.3. The van der Waals surface area contributed by atoms with Crippen molar-refractivity contribution in [3.8, 4) is 33.4 Å². The summed E-state index contributed by atoms with van der Waals surface area (Å²) in [6.07, 6.45) is 0. The molecule has 1 nitrogen and oxygen atoms in total. The molecule has 0 saturated carbocycles. The normalized spacial score (nSPS) is 11.8. The van der Waals surface area contributed by atoms with E-state index >= 15 is 0 Å². The lowest BCUT2D eigenvalue weighted by Crippen LogP contribution is -1.91. The maximum Gasteiger partial charge on any atom is 0.136 e. The Bertz CT molecular complexity index is 2770. The van der Waals surface area contributed by atoms with E-state index in [-0.39, 0.29) is 0 Å². The molecular formula is C46H28O. The fourth-order valence-electron chi connectivity index (χ4n) is 7.73. The van der Waals surface area contributed by atoms with E-state index in [9.17, 15) is 0 Å². The van der Waals surface area contributed by atoms with Gasteiger partial charge in [-0.05, 0) is 94.7 Å². The predicted octanol–water partition coefficient (Wildman–Crippen LogP) is 13.2. The molecular weight excluding hydrogens is 569 g/mol. The molecule has 9 aromatic carbocycles. The van der Waals surface area contributed by atoms with Gasteiger partial charge in [-0.15, -0.1) is 0 Å². The van der Waals surface area contributed by atoms with Crippen LogP contribution >= 0.6 is 0 Å². The van der Waals surface area contributed by atoms with Crippen LogP contribution in [0.15, 0.2) is 174 Å². The van der Waals surface area contributed by atoms with Crippen molar-refractivity contribution in [1.29, 1.82) is 0 Å². The van der Waals surface area contributed by atoms with Crippen molar-refractivity contribution in [3.63, 3.8) is 0 Å². The largest absolute Gasteiger partial charge is 0.456 e. The zero-order valence-corrected chi connectivity index (χ0v) is 25.6. The first-order valence-electron chi connectivity index (χ1n) is 16.2. The molecule has 218 valence electrons. The van der Waals surface area contributed by atoms with Crippen molar-refractivity contribution < 1.29 is 4.42 Å². The summed E-state index contributed by atoms with van der Waals surface area (Å²) in [6.45, 7) is 0. The average molecular weight is 597 g/mol. The van der Waals surface area contributed by atoms with E-state index in [2.05, 4.69) is 170 Å². The van der Waals surface area contributed by atoms with Crippen LogP contribution in [0.3, 0.4) is 0 Å². The highest BCUT2D eigenvalue weighted by Crippen LogP contribution is 2.45. The second-order valence-corrected chi connectivity index (χ2v) is 12.4. The molecule has 0 fully saturated rings. The molecule has 0 aliphatic rings. The first-order chi connectivity index (χ1) is 23.3. The topological polar surface area (TPSA) is 13.1 Å². The SMILES string of the molecule is c1ccc2c(-c3c4ccccc4c(-c4ccc(-c5ccc6c(c5)oc5ccc7ccccc7c56)cc4)c4ccccc34)cccc2c1. The Hall–Kier alpha value is -6.18.